The highest BCUT2D eigenvalue weighted by Crippen LogP contribution is 2.26. The van der Waals surface area contributed by atoms with Gasteiger partial charge < -0.3 is 20.7 Å². The van der Waals surface area contributed by atoms with Gasteiger partial charge in [0.15, 0.2) is 0 Å². The van der Waals surface area contributed by atoms with Crippen molar-refractivity contribution in [2.24, 2.45) is 0 Å². The molecule has 2 fully saturated rings. The first-order valence-electron chi connectivity index (χ1n) is 13.4. The summed E-state index contributed by atoms with van der Waals surface area (Å²) < 4.78 is 5.47. The molecular weight excluding hydrogens is 496 g/mol. The van der Waals surface area contributed by atoms with Gasteiger partial charge in [-0.2, -0.15) is 0 Å². The zero-order valence-corrected chi connectivity index (χ0v) is 22.5. The maximum atomic E-state index is 13.0. The lowest BCUT2D eigenvalue weighted by Gasteiger charge is -2.27. The molecule has 0 spiro atoms. The molecule has 3 N–H and O–H groups in total. The molecule has 10 heteroatoms. The van der Waals surface area contributed by atoms with Crippen LogP contribution in [0.1, 0.15) is 46.5 Å². The van der Waals surface area contributed by atoms with Crippen molar-refractivity contribution in [2.75, 3.05) is 23.7 Å². The Bertz CT molecular complexity index is 1380. The normalized spacial score (nSPS) is 19.2. The van der Waals surface area contributed by atoms with E-state index in [0.29, 0.717) is 24.6 Å². The minimum Gasteiger partial charge on any atom is -0.444 e. The van der Waals surface area contributed by atoms with Crippen LogP contribution >= 0.6 is 0 Å². The standard InChI is InChI=1S/C29H34N6O4/c1-29(2,3)39-28(38)35-15-5-7-23(35)27(37)34-25-13-9-19-16-18(8-11-21(19)32-25)20-10-12-24(31-17-20)33-26(36)22-6-4-14-30-22/h8-13,16-17,22-23,30H,4-7,14-15H2,1-3H3,(H,31,33,36)(H,32,34,37)/t22-,23-/m0/s1. The number of likely N-dealkylation sites (tertiary alicyclic amines) is 1. The number of rotatable bonds is 5. The molecule has 3 aromatic rings. The molecule has 204 valence electrons. The maximum Gasteiger partial charge on any atom is 0.410 e. The lowest BCUT2D eigenvalue weighted by atomic mass is 10.0. The highest BCUT2D eigenvalue weighted by atomic mass is 16.6. The van der Waals surface area contributed by atoms with Gasteiger partial charge in [0.05, 0.1) is 11.6 Å². The fourth-order valence-electron chi connectivity index (χ4n) is 4.92. The number of nitrogens with zero attached hydrogens (tertiary/aromatic N) is 3. The van der Waals surface area contributed by atoms with E-state index < -0.39 is 17.7 Å². The number of anilines is 2. The Morgan fingerprint density at radius 2 is 1.72 bits per heavy atom. The Morgan fingerprint density at radius 1 is 0.949 bits per heavy atom. The molecule has 0 aliphatic carbocycles. The molecule has 39 heavy (non-hydrogen) atoms. The summed E-state index contributed by atoms with van der Waals surface area (Å²) in [5, 5.41) is 9.82. The van der Waals surface area contributed by atoms with Gasteiger partial charge in [0, 0.05) is 23.7 Å². The zero-order valence-electron chi connectivity index (χ0n) is 22.5. The van der Waals surface area contributed by atoms with Crippen LogP contribution in [0.4, 0.5) is 16.4 Å². The number of fused-ring (bicyclic) bond motifs is 1. The van der Waals surface area contributed by atoms with Gasteiger partial charge in [0.25, 0.3) is 0 Å². The summed E-state index contributed by atoms with van der Waals surface area (Å²) in [5.41, 5.74) is 1.98. The second-order valence-corrected chi connectivity index (χ2v) is 11.0. The van der Waals surface area contributed by atoms with E-state index >= 15 is 0 Å². The SMILES string of the molecule is CC(C)(C)OC(=O)N1CCC[C@H]1C(=O)Nc1ccc2cc(-c3ccc(NC(=O)[C@@H]4CCCN4)nc3)ccc2n1. The molecule has 3 amide bonds. The summed E-state index contributed by atoms with van der Waals surface area (Å²) in [6, 6.07) is 12.5. The molecular formula is C29H34N6O4. The van der Waals surface area contributed by atoms with Crippen LogP contribution in [-0.2, 0) is 14.3 Å². The zero-order chi connectivity index (χ0) is 27.6. The summed E-state index contributed by atoms with van der Waals surface area (Å²) in [5.74, 6) is 0.615. The van der Waals surface area contributed by atoms with E-state index in [1.165, 1.54) is 4.90 Å². The fourth-order valence-corrected chi connectivity index (χ4v) is 4.92. The minimum atomic E-state index is -0.625. The Hall–Kier alpha value is -4.05. The van der Waals surface area contributed by atoms with Crippen LogP contribution in [0.25, 0.3) is 22.0 Å². The van der Waals surface area contributed by atoms with Crippen molar-refractivity contribution in [1.29, 1.82) is 0 Å². The quantitative estimate of drug-likeness (QED) is 0.448. The van der Waals surface area contributed by atoms with Crippen molar-refractivity contribution < 1.29 is 19.1 Å². The van der Waals surface area contributed by atoms with E-state index in [2.05, 4.69) is 25.9 Å². The van der Waals surface area contributed by atoms with Crippen LogP contribution in [0.2, 0.25) is 0 Å². The number of hydrogen-bond acceptors (Lipinski definition) is 7. The van der Waals surface area contributed by atoms with Crippen LogP contribution in [-0.4, -0.2) is 63.5 Å². The van der Waals surface area contributed by atoms with E-state index in [1.807, 2.05) is 30.3 Å². The number of nitrogens with one attached hydrogen (secondary N) is 3. The monoisotopic (exact) mass is 530 g/mol. The van der Waals surface area contributed by atoms with E-state index in [-0.39, 0.29) is 17.9 Å². The molecule has 0 unspecified atom stereocenters. The summed E-state index contributed by atoms with van der Waals surface area (Å²) in [4.78, 5) is 48.4. The number of ether oxygens (including phenoxy) is 1. The number of carbonyl (C=O) groups excluding carboxylic acids is 3. The van der Waals surface area contributed by atoms with Gasteiger partial charge in [-0.05, 0) is 95.0 Å². The van der Waals surface area contributed by atoms with Gasteiger partial charge in [-0.3, -0.25) is 14.5 Å². The van der Waals surface area contributed by atoms with Crippen molar-refractivity contribution >= 4 is 40.4 Å². The molecule has 2 aliphatic rings. The first-order chi connectivity index (χ1) is 18.7. The molecule has 2 saturated heterocycles. The predicted octanol–water partition coefficient (Wildman–Crippen LogP) is 4.33. The topological polar surface area (TPSA) is 126 Å². The van der Waals surface area contributed by atoms with Crippen molar-refractivity contribution in [3.05, 3.63) is 48.7 Å². The average molecular weight is 531 g/mol. The number of carbonyl (C=O) groups is 3. The third kappa shape index (κ3) is 6.34. The fraction of sp³-hybridized carbons (Fsp3) is 0.414. The number of pyridine rings is 2. The van der Waals surface area contributed by atoms with E-state index in [1.54, 1.807) is 39.1 Å². The van der Waals surface area contributed by atoms with E-state index in [4.69, 9.17) is 4.74 Å². The van der Waals surface area contributed by atoms with Gasteiger partial charge in [-0.1, -0.05) is 6.07 Å². The molecule has 4 heterocycles. The maximum absolute atomic E-state index is 13.0. The number of amides is 3. The van der Waals surface area contributed by atoms with Crippen molar-refractivity contribution in [2.45, 2.75) is 64.1 Å². The lowest BCUT2D eigenvalue weighted by molar-refractivity contribution is -0.120. The summed E-state index contributed by atoms with van der Waals surface area (Å²) in [7, 11) is 0. The third-order valence-corrected chi connectivity index (χ3v) is 6.85. The first kappa shape index (κ1) is 26.6. The van der Waals surface area contributed by atoms with E-state index in [0.717, 1.165) is 47.8 Å². The van der Waals surface area contributed by atoms with Crippen molar-refractivity contribution in [3.63, 3.8) is 0 Å². The highest BCUT2D eigenvalue weighted by molar-refractivity contribution is 5.97. The van der Waals surface area contributed by atoms with Gasteiger partial charge >= 0.3 is 6.09 Å². The Labute approximate surface area is 227 Å². The molecule has 0 saturated carbocycles. The molecule has 2 aliphatic heterocycles. The Balaban J connectivity index is 1.24. The molecule has 0 radical (unpaired) electrons. The minimum absolute atomic E-state index is 0.0575. The smallest absolute Gasteiger partial charge is 0.410 e. The molecule has 1 aromatic carbocycles. The number of aromatic nitrogens is 2. The lowest BCUT2D eigenvalue weighted by Crippen LogP contribution is -2.45. The van der Waals surface area contributed by atoms with E-state index in [9.17, 15) is 14.4 Å². The Morgan fingerprint density at radius 3 is 2.44 bits per heavy atom. The molecule has 2 aromatic heterocycles. The molecule has 2 atom stereocenters. The van der Waals surface area contributed by atoms with Gasteiger partial charge in [-0.25, -0.2) is 14.8 Å². The average Bonchev–Trinajstić information content (AvgIpc) is 3.61. The number of benzene rings is 1. The first-order valence-corrected chi connectivity index (χ1v) is 13.4. The van der Waals surface area contributed by atoms with Crippen LogP contribution < -0.4 is 16.0 Å². The Kier molecular flexibility index (Phi) is 7.47. The van der Waals surface area contributed by atoms with Crippen LogP contribution in [0.15, 0.2) is 48.7 Å². The second kappa shape index (κ2) is 11.0. The van der Waals surface area contributed by atoms with Gasteiger partial charge in [0.2, 0.25) is 11.8 Å². The van der Waals surface area contributed by atoms with Crippen LogP contribution in [0.3, 0.4) is 0 Å². The third-order valence-electron chi connectivity index (χ3n) is 6.85. The number of hydrogen-bond donors (Lipinski definition) is 3. The largest absolute Gasteiger partial charge is 0.444 e. The summed E-state index contributed by atoms with van der Waals surface area (Å²) >= 11 is 0. The molecule has 10 nitrogen and oxygen atoms in total. The van der Waals surface area contributed by atoms with Crippen molar-refractivity contribution in [1.82, 2.24) is 20.2 Å². The molecule has 0 bridgehead atoms. The highest BCUT2D eigenvalue weighted by Gasteiger charge is 2.36. The van der Waals surface area contributed by atoms with Crippen LogP contribution in [0.5, 0.6) is 0 Å². The summed E-state index contributed by atoms with van der Waals surface area (Å²) in [6.07, 6.45) is 4.42. The van der Waals surface area contributed by atoms with Crippen LogP contribution in [0, 0.1) is 0 Å². The second-order valence-electron chi connectivity index (χ2n) is 11.0. The summed E-state index contributed by atoms with van der Waals surface area (Å²) in [6.45, 7) is 6.77. The van der Waals surface area contributed by atoms with Gasteiger partial charge in [-0.15, -0.1) is 0 Å². The van der Waals surface area contributed by atoms with Crippen molar-refractivity contribution in [3.8, 4) is 11.1 Å². The molecule has 5 rings (SSSR count). The van der Waals surface area contributed by atoms with Gasteiger partial charge in [0.1, 0.15) is 23.3 Å². The predicted molar refractivity (Wildman–Crippen MR) is 149 cm³/mol.